The minimum absolute atomic E-state index is 0.257. The highest BCUT2D eigenvalue weighted by Gasteiger charge is 2.16. The maximum atomic E-state index is 12.1. The van der Waals surface area contributed by atoms with E-state index in [9.17, 15) is 4.79 Å². The van der Waals surface area contributed by atoms with Gasteiger partial charge < -0.3 is 0 Å². The summed E-state index contributed by atoms with van der Waals surface area (Å²) in [5.41, 5.74) is 2.18. The quantitative estimate of drug-likeness (QED) is 0.743. The highest BCUT2D eigenvalue weighted by atomic mass is 16.1. The summed E-state index contributed by atoms with van der Waals surface area (Å²) < 4.78 is 0. The Morgan fingerprint density at radius 1 is 1.17 bits per heavy atom. The van der Waals surface area contributed by atoms with E-state index in [0.29, 0.717) is 12.5 Å². The molecule has 2 rings (SSSR count). The fraction of sp³-hybridized carbons (Fsp3) is 0.562. The molecule has 1 aliphatic heterocycles. The van der Waals surface area contributed by atoms with Gasteiger partial charge in [-0.25, -0.2) is 0 Å². The molecule has 0 N–H and O–H groups in total. The molecule has 1 fully saturated rings. The maximum absolute atomic E-state index is 12.1. The molecule has 0 spiro atoms. The van der Waals surface area contributed by atoms with E-state index in [-0.39, 0.29) is 5.78 Å². The summed E-state index contributed by atoms with van der Waals surface area (Å²) in [5, 5.41) is 0. The van der Waals surface area contributed by atoms with Gasteiger partial charge in [-0.2, -0.15) is 0 Å². The van der Waals surface area contributed by atoms with Crippen molar-refractivity contribution >= 4 is 5.78 Å². The molecule has 0 aromatic heterocycles. The highest BCUT2D eigenvalue weighted by Crippen LogP contribution is 2.12. The number of likely N-dealkylation sites (tertiary alicyclic amines) is 1. The SMILES string of the molecule is CC(C)Cc1ccc(C(=O)CN2CCCC2)cc1. The summed E-state index contributed by atoms with van der Waals surface area (Å²) in [6.45, 7) is 7.18. The largest absolute Gasteiger partial charge is 0.296 e. The van der Waals surface area contributed by atoms with Gasteiger partial charge >= 0.3 is 0 Å². The molecule has 0 bridgehead atoms. The van der Waals surface area contributed by atoms with Crippen LogP contribution in [-0.4, -0.2) is 30.3 Å². The lowest BCUT2D eigenvalue weighted by molar-refractivity contribution is 0.0945. The van der Waals surface area contributed by atoms with Gasteiger partial charge in [-0.05, 0) is 43.8 Å². The summed E-state index contributed by atoms with van der Waals surface area (Å²) in [6, 6.07) is 8.15. The van der Waals surface area contributed by atoms with Crippen LogP contribution in [0, 0.1) is 5.92 Å². The first-order valence-electron chi connectivity index (χ1n) is 6.99. The molecular weight excluding hydrogens is 222 g/mol. The molecule has 18 heavy (non-hydrogen) atoms. The van der Waals surface area contributed by atoms with Crippen LogP contribution in [0.5, 0.6) is 0 Å². The van der Waals surface area contributed by atoms with E-state index in [4.69, 9.17) is 0 Å². The number of carbonyl (C=O) groups is 1. The zero-order valence-corrected chi connectivity index (χ0v) is 11.5. The molecule has 0 saturated carbocycles. The molecule has 1 heterocycles. The van der Waals surface area contributed by atoms with Crippen molar-refractivity contribution in [3.63, 3.8) is 0 Å². The second-order valence-electron chi connectivity index (χ2n) is 5.70. The monoisotopic (exact) mass is 245 g/mol. The lowest BCUT2D eigenvalue weighted by Gasteiger charge is -2.13. The number of rotatable bonds is 5. The Labute approximate surface area is 110 Å². The first-order chi connectivity index (χ1) is 8.65. The number of hydrogen-bond donors (Lipinski definition) is 0. The lowest BCUT2D eigenvalue weighted by atomic mass is 10.0. The number of Topliss-reactive ketones (excluding diaryl/α,β-unsaturated/α-hetero) is 1. The Kier molecular flexibility index (Phi) is 4.54. The van der Waals surface area contributed by atoms with Crippen LogP contribution in [-0.2, 0) is 6.42 Å². The van der Waals surface area contributed by atoms with Crippen LogP contribution in [0.1, 0.15) is 42.6 Å². The minimum Gasteiger partial charge on any atom is -0.296 e. The van der Waals surface area contributed by atoms with Gasteiger partial charge in [-0.15, -0.1) is 0 Å². The Bertz CT molecular complexity index is 388. The summed E-state index contributed by atoms with van der Waals surface area (Å²) >= 11 is 0. The van der Waals surface area contributed by atoms with E-state index in [2.05, 4.69) is 30.9 Å². The first-order valence-corrected chi connectivity index (χ1v) is 6.99. The number of nitrogens with zero attached hydrogens (tertiary/aromatic N) is 1. The smallest absolute Gasteiger partial charge is 0.176 e. The average Bonchev–Trinajstić information content (AvgIpc) is 2.82. The third-order valence-electron chi connectivity index (χ3n) is 3.49. The van der Waals surface area contributed by atoms with Crippen molar-refractivity contribution in [2.75, 3.05) is 19.6 Å². The van der Waals surface area contributed by atoms with Crippen LogP contribution in [0.25, 0.3) is 0 Å². The minimum atomic E-state index is 0.257. The molecule has 1 aromatic carbocycles. The Morgan fingerprint density at radius 3 is 2.33 bits per heavy atom. The molecule has 0 atom stereocenters. The normalized spacial score (nSPS) is 16.4. The van der Waals surface area contributed by atoms with Gasteiger partial charge in [0.2, 0.25) is 0 Å². The molecule has 0 unspecified atom stereocenters. The van der Waals surface area contributed by atoms with Crippen molar-refractivity contribution < 1.29 is 4.79 Å². The van der Waals surface area contributed by atoms with Gasteiger partial charge in [0.25, 0.3) is 0 Å². The Balaban J connectivity index is 1.93. The zero-order valence-electron chi connectivity index (χ0n) is 11.5. The second kappa shape index (κ2) is 6.14. The molecule has 2 heteroatoms. The molecule has 98 valence electrons. The van der Waals surface area contributed by atoms with Crippen molar-refractivity contribution in [3.05, 3.63) is 35.4 Å². The van der Waals surface area contributed by atoms with Crippen LogP contribution >= 0.6 is 0 Å². The van der Waals surface area contributed by atoms with Crippen molar-refractivity contribution in [1.29, 1.82) is 0 Å². The van der Waals surface area contributed by atoms with E-state index < -0.39 is 0 Å². The summed E-state index contributed by atoms with van der Waals surface area (Å²) in [5.74, 6) is 0.921. The lowest BCUT2D eigenvalue weighted by Crippen LogP contribution is -2.26. The molecule has 1 saturated heterocycles. The van der Waals surface area contributed by atoms with Gasteiger partial charge in [-0.3, -0.25) is 9.69 Å². The second-order valence-corrected chi connectivity index (χ2v) is 5.70. The number of hydrogen-bond acceptors (Lipinski definition) is 2. The molecule has 0 amide bonds. The van der Waals surface area contributed by atoms with Gasteiger partial charge in [0.15, 0.2) is 5.78 Å². The molecule has 1 aliphatic rings. The van der Waals surface area contributed by atoms with Crippen LogP contribution < -0.4 is 0 Å². The van der Waals surface area contributed by atoms with E-state index in [1.807, 2.05) is 12.1 Å². The third kappa shape index (κ3) is 3.67. The predicted octanol–water partition coefficient (Wildman–Crippen LogP) is 3.16. The van der Waals surface area contributed by atoms with Crippen molar-refractivity contribution in [2.45, 2.75) is 33.1 Å². The van der Waals surface area contributed by atoms with Gasteiger partial charge in [-0.1, -0.05) is 38.1 Å². The predicted molar refractivity (Wildman–Crippen MR) is 75.0 cm³/mol. The van der Waals surface area contributed by atoms with Crippen LogP contribution in [0.3, 0.4) is 0 Å². The fourth-order valence-corrected chi connectivity index (χ4v) is 2.53. The summed E-state index contributed by atoms with van der Waals surface area (Å²) in [6.07, 6.45) is 3.56. The maximum Gasteiger partial charge on any atom is 0.176 e. The standard InChI is InChI=1S/C16H23NO/c1-13(2)11-14-5-7-15(8-6-14)16(18)12-17-9-3-4-10-17/h5-8,13H,3-4,9-12H2,1-2H3. The van der Waals surface area contributed by atoms with E-state index in [1.165, 1.54) is 18.4 Å². The van der Waals surface area contributed by atoms with Gasteiger partial charge in [0.05, 0.1) is 6.54 Å². The number of benzene rings is 1. The van der Waals surface area contributed by atoms with Crippen molar-refractivity contribution in [2.24, 2.45) is 5.92 Å². The van der Waals surface area contributed by atoms with Crippen LogP contribution in [0.2, 0.25) is 0 Å². The highest BCUT2D eigenvalue weighted by molar-refractivity contribution is 5.97. The molecule has 1 aromatic rings. The van der Waals surface area contributed by atoms with Crippen LogP contribution in [0.4, 0.5) is 0 Å². The molecule has 0 aliphatic carbocycles. The molecular formula is C16H23NO. The molecule has 0 radical (unpaired) electrons. The Morgan fingerprint density at radius 2 is 1.78 bits per heavy atom. The van der Waals surface area contributed by atoms with E-state index >= 15 is 0 Å². The zero-order chi connectivity index (χ0) is 13.0. The van der Waals surface area contributed by atoms with Crippen molar-refractivity contribution in [1.82, 2.24) is 4.90 Å². The van der Waals surface area contributed by atoms with E-state index in [1.54, 1.807) is 0 Å². The van der Waals surface area contributed by atoms with Gasteiger partial charge in [0.1, 0.15) is 0 Å². The topological polar surface area (TPSA) is 20.3 Å². The van der Waals surface area contributed by atoms with Gasteiger partial charge in [0, 0.05) is 5.56 Å². The first kappa shape index (κ1) is 13.3. The van der Waals surface area contributed by atoms with E-state index in [0.717, 1.165) is 25.1 Å². The summed E-state index contributed by atoms with van der Waals surface area (Å²) in [4.78, 5) is 14.3. The van der Waals surface area contributed by atoms with Crippen molar-refractivity contribution in [3.8, 4) is 0 Å². The average molecular weight is 245 g/mol. The number of ketones is 1. The fourth-order valence-electron chi connectivity index (χ4n) is 2.53. The third-order valence-corrected chi connectivity index (χ3v) is 3.49. The number of carbonyl (C=O) groups excluding carboxylic acids is 1. The Hall–Kier alpha value is -1.15. The molecule has 2 nitrogen and oxygen atoms in total. The van der Waals surface area contributed by atoms with Crippen LogP contribution in [0.15, 0.2) is 24.3 Å². The summed E-state index contributed by atoms with van der Waals surface area (Å²) in [7, 11) is 0.